The summed E-state index contributed by atoms with van der Waals surface area (Å²) in [6.07, 6.45) is 1.63. The van der Waals surface area contributed by atoms with Crippen LogP contribution in [0.1, 0.15) is 16.2 Å². The third-order valence-electron chi connectivity index (χ3n) is 2.94. The number of aryl methyl sites for hydroxylation is 1. The molecule has 0 saturated carbocycles. The number of pyridine rings is 1. The van der Waals surface area contributed by atoms with Crippen LogP contribution in [0.25, 0.3) is 11.5 Å². The monoisotopic (exact) mass is 296 g/mol. The van der Waals surface area contributed by atoms with Gasteiger partial charge in [-0.1, -0.05) is 5.16 Å². The van der Waals surface area contributed by atoms with Gasteiger partial charge in [-0.25, -0.2) is 9.78 Å². The molecule has 3 rings (SSSR count). The molecule has 7 heteroatoms. The molecule has 0 fully saturated rings. The molecule has 22 heavy (non-hydrogen) atoms. The van der Waals surface area contributed by atoms with Crippen molar-refractivity contribution in [3.8, 4) is 11.5 Å². The van der Waals surface area contributed by atoms with Gasteiger partial charge in [0.2, 0.25) is 0 Å². The Labute approximate surface area is 125 Å². The normalized spacial score (nSPS) is 10.4. The van der Waals surface area contributed by atoms with E-state index in [1.54, 1.807) is 31.3 Å². The molecule has 3 aromatic rings. The van der Waals surface area contributed by atoms with E-state index in [4.69, 9.17) is 9.63 Å². The lowest BCUT2D eigenvalue weighted by atomic mass is 10.2. The van der Waals surface area contributed by atoms with Gasteiger partial charge in [-0.2, -0.15) is 4.98 Å². The first-order valence-corrected chi connectivity index (χ1v) is 6.49. The van der Waals surface area contributed by atoms with Crippen molar-refractivity contribution in [2.24, 2.45) is 0 Å². The lowest BCUT2D eigenvalue weighted by Crippen LogP contribution is -1.97. The lowest BCUT2D eigenvalue weighted by molar-refractivity contribution is 0.0697. The fourth-order valence-electron chi connectivity index (χ4n) is 1.85. The standard InChI is InChI=1S/C15H12N4O3/c1-9-17-14(22-19-9)11-4-7-13(16-8-11)18-12-5-2-10(3-6-12)15(20)21/h2-8H,1H3,(H,16,18)(H,20,21). The number of hydrogen-bond donors (Lipinski definition) is 2. The third kappa shape index (κ3) is 2.93. The number of carbonyl (C=O) groups is 1. The highest BCUT2D eigenvalue weighted by Gasteiger charge is 2.07. The number of nitrogens with zero attached hydrogens (tertiary/aromatic N) is 3. The van der Waals surface area contributed by atoms with Gasteiger partial charge in [-0.15, -0.1) is 0 Å². The number of anilines is 2. The summed E-state index contributed by atoms with van der Waals surface area (Å²) >= 11 is 0. The molecule has 2 N–H and O–H groups in total. The van der Waals surface area contributed by atoms with Crippen LogP contribution in [0.2, 0.25) is 0 Å². The number of benzene rings is 1. The zero-order valence-electron chi connectivity index (χ0n) is 11.6. The Morgan fingerprint density at radius 3 is 2.50 bits per heavy atom. The summed E-state index contributed by atoms with van der Waals surface area (Å²) < 4.78 is 5.07. The highest BCUT2D eigenvalue weighted by Crippen LogP contribution is 2.20. The molecule has 2 aromatic heterocycles. The van der Waals surface area contributed by atoms with E-state index in [2.05, 4.69) is 20.4 Å². The molecule has 2 heterocycles. The molecule has 0 radical (unpaired) electrons. The predicted molar refractivity (Wildman–Crippen MR) is 79.0 cm³/mol. The molecule has 0 saturated heterocycles. The Hall–Kier alpha value is -3.22. The quantitative estimate of drug-likeness (QED) is 0.763. The molecule has 1 aromatic carbocycles. The number of hydrogen-bond acceptors (Lipinski definition) is 6. The zero-order chi connectivity index (χ0) is 15.5. The van der Waals surface area contributed by atoms with Gasteiger partial charge in [0, 0.05) is 11.9 Å². The minimum Gasteiger partial charge on any atom is -0.478 e. The summed E-state index contributed by atoms with van der Waals surface area (Å²) in [5.74, 6) is 0.657. The van der Waals surface area contributed by atoms with Gasteiger partial charge in [-0.3, -0.25) is 0 Å². The lowest BCUT2D eigenvalue weighted by Gasteiger charge is -2.06. The van der Waals surface area contributed by atoms with Gasteiger partial charge < -0.3 is 14.9 Å². The average molecular weight is 296 g/mol. The largest absolute Gasteiger partial charge is 0.478 e. The second kappa shape index (κ2) is 5.65. The summed E-state index contributed by atoms with van der Waals surface area (Å²) in [6, 6.07) is 10.0. The van der Waals surface area contributed by atoms with E-state index in [1.807, 2.05) is 6.07 Å². The maximum atomic E-state index is 10.8. The van der Waals surface area contributed by atoms with Crippen molar-refractivity contribution in [3.63, 3.8) is 0 Å². The average Bonchev–Trinajstić information content (AvgIpc) is 2.95. The van der Waals surface area contributed by atoms with Gasteiger partial charge >= 0.3 is 5.97 Å². The van der Waals surface area contributed by atoms with Crippen molar-refractivity contribution < 1.29 is 14.4 Å². The number of carboxylic acid groups (broad SMARTS) is 1. The molecular weight excluding hydrogens is 284 g/mol. The Bertz CT molecular complexity index is 794. The van der Waals surface area contributed by atoms with E-state index in [0.717, 1.165) is 11.3 Å². The second-order valence-corrected chi connectivity index (χ2v) is 4.59. The van der Waals surface area contributed by atoms with Crippen LogP contribution < -0.4 is 5.32 Å². The van der Waals surface area contributed by atoms with E-state index < -0.39 is 5.97 Å². The molecular formula is C15H12N4O3. The molecule has 7 nitrogen and oxygen atoms in total. The predicted octanol–water partition coefficient (Wildman–Crippen LogP) is 2.88. The summed E-state index contributed by atoms with van der Waals surface area (Å²) in [4.78, 5) is 19.2. The highest BCUT2D eigenvalue weighted by molar-refractivity contribution is 5.88. The van der Waals surface area contributed by atoms with Crippen molar-refractivity contribution in [2.45, 2.75) is 6.92 Å². The topological polar surface area (TPSA) is 101 Å². The maximum absolute atomic E-state index is 10.8. The van der Waals surface area contributed by atoms with Crippen molar-refractivity contribution in [2.75, 3.05) is 5.32 Å². The van der Waals surface area contributed by atoms with E-state index in [1.165, 1.54) is 12.1 Å². The molecule has 0 aliphatic rings. The van der Waals surface area contributed by atoms with Gasteiger partial charge in [0.15, 0.2) is 5.82 Å². The number of carboxylic acids is 1. The molecule has 0 aliphatic carbocycles. The van der Waals surface area contributed by atoms with Crippen molar-refractivity contribution >= 4 is 17.5 Å². The Balaban J connectivity index is 1.74. The fourth-order valence-corrected chi connectivity index (χ4v) is 1.85. The van der Waals surface area contributed by atoms with Crippen molar-refractivity contribution in [3.05, 3.63) is 54.0 Å². The SMILES string of the molecule is Cc1noc(-c2ccc(Nc3ccc(C(=O)O)cc3)nc2)n1. The Kier molecular flexibility index (Phi) is 3.53. The van der Waals surface area contributed by atoms with Gasteiger partial charge in [-0.05, 0) is 43.3 Å². The molecule has 0 aliphatic heterocycles. The van der Waals surface area contributed by atoms with Crippen LogP contribution in [-0.4, -0.2) is 26.2 Å². The summed E-state index contributed by atoms with van der Waals surface area (Å²) in [7, 11) is 0. The minimum atomic E-state index is -0.955. The van der Waals surface area contributed by atoms with Crippen molar-refractivity contribution in [1.82, 2.24) is 15.1 Å². The van der Waals surface area contributed by atoms with Crippen LogP contribution in [0, 0.1) is 6.92 Å². The van der Waals surface area contributed by atoms with E-state index in [-0.39, 0.29) is 5.56 Å². The van der Waals surface area contributed by atoms with E-state index >= 15 is 0 Å². The molecule has 0 amide bonds. The van der Waals surface area contributed by atoms with Gasteiger partial charge in [0.05, 0.1) is 11.1 Å². The molecule has 0 atom stereocenters. The zero-order valence-corrected chi connectivity index (χ0v) is 11.6. The Morgan fingerprint density at radius 1 is 1.18 bits per heavy atom. The van der Waals surface area contributed by atoms with E-state index in [9.17, 15) is 4.79 Å². The third-order valence-corrected chi connectivity index (χ3v) is 2.94. The fraction of sp³-hybridized carbons (Fsp3) is 0.0667. The summed E-state index contributed by atoms with van der Waals surface area (Å²) in [5.41, 5.74) is 1.71. The van der Waals surface area contributed by atoms with Crippen LogP contribution >= 0.6 is 0 Å². The number of rotatable bonds is 4. The Morgan fingerprint density at radius 2 is 1.95 bits per heavy atom. The second-order valence-electron chi connectivity index (χ2n) is 4.59. The highest BCUT2D eigenvalue weighted by atomic mass is 16.5. The van der Waals surface area contributed by atoms with Crippen LogP contribution in [0.5, 0.6) is 0 Å². The van der Waals surface area contributed by atoms with Crippen molar-refractivity contribution in [1.29, 1.82) is 0 Å². The summed E-state index contributed by atoms with van der Waals surface area (Å²) in [5, 5.41) is 15.7. The van der Waals surface area contributed by atoms with Crippen LogP contribution in [0.3, 0.4) is 0 Å². The molecule has 0 unspecified atom stereocenters. The molecule has 0 spiro atoms. The summed E-state index contributed by atoms with van der Waals surface area (Å²) in [6.45, 7) is 1.75. The number of nitrogens with one attached hydrogen (secondary N) is 1. The minimum absolute atomic E-state index is 0.237. The van der Waals surface area contributed by atoms with Gasteiger partial charge in [0.25, 0.3) is 5.89 Å². The van der Waals surface area contributed by atoms with Crippen LogP contribution in [0.4, 0.5) is 11.5 Å². The number of aromatic nitrogens is 3. The van der Waals surface area contributed by atoms with Crippen LogP contribution in [0.15, 0.2) is 47.1 Å². The van der Waals surface area contributed by atoms with Crippen LogP contribution in [-0.2, 0) is 0 Å². The molecule has 0 bridgehead atoms. The number of aromatic carboxylic acids is 1. The maximum Gasteiger partial charge on any atom is 0.335 e. The van der Waals surface area contributed by atoms with Gasteiger partial charge in [0.1, 0.15) is 5.82 Å². The molecule has 110 valence electrons. The first kappa shape index (κ1) is 13.7. The first-order valence-electron chi connectivity index (χ1n) is 6.49. The van der Waals surface area contributed by atoms with E-state index in [0.29, 0.717) is 17.5 Å². The smallest absolute Gasteiger partial charge is 0.335 e. The first-order chi connectivity index (χ1) is 10.6.